The van der Waals surface area contributed by atoms with Crippen molar-refractivity contribution in [3.8, 4) is 5.75 Å². The van der Waals surface area contributed by atoms with Gasteiger partial charge in [-0.2, -0.15) is 0 Å². The summed E-state index contributed by atoms with van der Waals surface area (Å²) in [7, 11) is 1.33. The van der Waals surface area contributed by atoms with Crippen molar-refractivity contribution in [2.75, 3.05) is 7.11 Å². The summed E-state index contributed by atoms with van der Waals surface area (Å²) >= 11 is 3.35. The van der Waals surface area contributed by atoms with Gasteiger partial charge in [-0.05, 0) is 25.1 Å². The van der Waals surface area contributed by atoms with Crippen LogP contribution < -0.4 is 4.74 Å². The summed E-state index contributed by atoms with van der Waals surface area (Å²) in [5, 5.41) is 0. The van der Waals surface area contributed by atoms with Crippen LogP contribution in [0.15, 0.2) is 29.3 Å². The highest BCUT2D eigenvalue weighted by Crippen LogP contribution is 2.25. The maximum Gasteiger partial charge on any atom is 0.346 e. The Labute approximate surface area is 103 Å². The van der Waals surface area contributed by atoms with E-state index in [1.807, 2.05) is 12.1 Å². The first-order chi connectivity index (χ1) is 7.58. The molecule has 0 fully saturated rings. The molecule has 3 nitrogen and oxygen atoms in total. The molecule has 1 aromatic rings. The quantitative estimate of drug-likeness (QED) is 0.798. The summed E-state index contributed by atoms with van der Waals surface area (Å²) in [6.07, 6.45) is 1.04. The molecule has 16 heavy (non-hydrogen) atoms. The van der Waals surface area contributed by atoms with E-state index in [0.717, 1.165) is 10.0 Å². The van der Waals surface area contributed by atoms with E-state index in [2.05, 4.69) is 27.2 Å². The average molecular weight is 285 g/mol. The Kier molecular flexibility index (Phi) is 4.55. The number of methoxy groups -OCH3 is 1. The molecule has 0 N–H and O–H groups in total. The second kappa shape index (κ2) is 5.70. The average Bonchev–Trinajstić information content (AvgIpc) is 2.30. The van der Waals surface area contributed by atoms with Crippen molar-refractivity contribution in [2.45, 2.75) is 13.0 Å². The molecule has 0 aliphatic rings. The Bertz CT molecular complexity index is 401. The van der Waals surface area contributed by atoms with E-state index in [1.165, 1.54) is 7.11 Å². The highest BCUT2D eigenvalue weighted by molar-refractivity contribution is 9.10. The van der Waals surface area contributed by atoms with Crippen LogP contribution in [0.25, 0.3) is 6.08 Å². The minimum atomic E-state index is -0.634. The van der Waals surface area contributed by atoms with Gasteiger partial charge in [0.15, 0.2) is 6.10 Å². The topological polar surface area (TPSA) is 35.5 Å². The van der Waals surface area contributed by atoms with Crippen LogP contribution in [-0.4, -0.2) is 19.2 Å². The van der Waals surface area contributed by atoms with Crippen LogP contribution in [0.2, 0.25) is 0 Å². The molecule has 0 radical (unpaired) electrons. The number of halogens is 1. The third-order valence-corrected chi connectivity index (χ3v) is 2.52. The summed E-state index contributed by atoms with van der Waals surface area (Å²) in [6.45, 7) is 5.33. The first-order valence-corrected chi connectivity index (χ1v) is 5.54. The molecule has 0 unspecified atom stereocenters. The molecule has 0 aliphatic carbocycles. The fraction of sp³-hybridized carbons (Fsp3) is 0.250. The fourth-order valence-corrected chi connectivity index (χ4v) is 1.57. The molecule has 0 saturated heterocycles. The van der Waals surface area contributed by atoms with Crippen molar-refractivity contribution in [3.05, 3.63) is 34.8 Å². The smallest absolute Gasteiger partial charge is 0.346 e. The summed E-state index contributed by atoms with van der Waals surface area (Å²) in [6, 6.07) is 5.49. The Morgan fingerprint density at radius 2 is 2.25 bits per heavy atom. The van der Waals surface area contributed by atoms with E-state index in [9.17, 15) is 4.79 Å². The maximum atomic E-state index is 11.2. The van der Waals surface area contributed by atoms with Crippen molar-refractivity contribution in [1.82, 2.24) is 0 Å². The summed E-state index contributed by atoms with van der Waals surface area (Å²) < 4.78 is 11.0. The van der Waals surface area contributed by atoms with Crippen molar-refractivity contribution >= 4 is 28.0 Å². The van der Waals surface area contributed by atoms with Crippen LogP contribution in [0.1, 0.15) is 12.5 Å². The highest BCUT2D eigenvalue weighted by atomic mass is 79.9. The van der Waals surface area contributed by atoms with Crippen LogP contribution in [0.4, 0.5) is 0 Å². The molecule has 1 atom stereocenters. The molecule has 0 aliphatic heterocycles. The lowest BCUT2D eigenvalue weighted by Crippen LogP contribution is -2.25. The minimum absolute atomic E-state index is 0.405. The predicted molar refractivity (Wildman–Crippen MR) is 66.3 cm³/mol. The van der Waals surface area contributed by atoms with Gasteiger partial charge in [0.1, 0.15) is 5.75 Å². The van der Waals surface area contributed by atoms with E-state index in [0.29, 0.717) is 5.75 Å². The Balaban J connectivity index is 2.88. The first-order valence-electron chi connectivity index (χ1n) is 4.75. The SMILES string of the molecule is C=Cc1cc(Br)ccc1O[C@@H](C)C(=O)OC. The number of rotatable bonds is 4. The molecular formula is C12H13BrO3. The zero-order chi connectivity index (χ0) is 12.1. The number of ether oxygens (including phenoxy) is 2. The monoisotopic (exact) mass is 284 g/mol. The number of hydrogen-bond acceptors (Lipinski definition) is 3. The number of carbonyl (C=O) groups excluding carboxylic acids is 1. The second-order valence-electron chi connectivity index (χ2n) is 3.17. The van der Waals surface area contributed by atoms with Crippen LogP contribution >= 0.6 is 15.9 Å². The molecule has 0 aromatic heterocycles. The lowest BCUT2D eigenvalue weighted by Gasteiger charge is -2.14. The normalized spacial score (nSPS) is 11.7. The molecule has 1 aromatic carbocycles. The molecule has 0 saturated carbocycles. The first kappa shape index (κ1) is 12.8. The van der Waals surface area contributed by atoms with E-state index < -0.39 is 12.1 Å². The summed E-state index contributed by atoms with van der Waals surface area (Å²) in [5.74, 6) is 0.203. The zero-order valence-electron chi connectivity index (χ0n) is 9.20. The van der Waals surface area contributed by atoms with E-state index in [-0.39, 0.29) is 0 Å². The lowest BCUT2D eigenvalue weighted by atomic mass is 10.2. The Hall–Kier alpha value is -1.29. The van der Waals surface area contributed by atoms with Crippen molar-refractivity contribution in [1.29, 1.82) is 0 Å². The predicted octanol–water partition coefficient (Wildman–Crippen LogP) is 3.03. The molecule has 0 amide bonds. The molecule has 4 heteroatoms. The summed E-state index contributed by atoms with van der Waals surface area (Å²) in [5.41, 5.74) is 0.824. The van der Waals surface area contributed by atoms with Gasteiger partial charge < -0.3 is 9.47 Å². The van der Waals surface area contributed by atoms with Crippen molar-refractivity contribution in [2.24, 2.45) is 0 Å². The number of esters is 1. The van der Waals surface area contributed by atoms with Crippen LogP contribution in [0, 0.1) is 0 Å². The highest BCUT2D eigenvalue weighted by Gasteiger charge is 2.15. The van der Waals surface area contributed by atoms with Crippen molar-refractivity contribution in [3.63, 3.8) is 0 Å². The van der Waals surface area contributed by atoms with Gasteiger partial charge >= 0.3 is 5.97 Å². The maximum absolute atomic E-state index is 11.2. The molecule has 86 valence electrons. The molecule has 0 heterocycles. The Morgan fingerprint density at radius 1 is 1.56 bits per heavy atom. The number of benzene rings is 1. The lowest BCUT2D eigenvalue weighted by molar-refractivity contribution is -0.147. The Morgan fingerprint density at radius 3 is 2.81 bits per heavy atom. The zero-order valence-corrected chi connectivity index (χ0v) is 10.8. The van der Waals surface area contributed by atoms with E-state index in [1.54, 1.807) is 19.1 Å². The van der Waals surface area contributed by atoms with Crippen LogP contribution in [-0.2, 0) is 9.53 Å². The number of carbonyl (C=O) groups is 1. The molecular weight excluding hydrogens is 272 g/mol. The van der Waals surface area contributed by atoms with E-state index in [4.69, 9.17) is 4.74 Å². The third kappa shape index (κ3) is 3.10. The molecule has 0 spiro atoms. The van der Waals surface area contributed by atoms with Gasteiger partial charge in [0, 0.05) is 10.0 Å². The van der Waals surface area contributed by atoms with E-state index >= 15 is 0 Å². The second-order valence-corrected chi connectivity index (χ2v) is 4.09. The van der Waals surface area contributed by atoms with Gasteiger partial charge in [0.05, 0.1) is 7.11 Å². The van der Waals surface area contributed by atoms with Gasteiger partial charge in [0.2, 0.25) is 0 Å². The molecule has 0 bridgehead atoms. The standard InChI is InChI=1S/C12H13BrO3/c1-4-9-7-10(13)5-6-11(9)16-8(2)12(14)15-3/h4-8H,1H2,2-3H3/t8-/m0/s1. The van der Waals surface area contributed by atoms with Crippen LogP contribution in [0.3, 0.4) is 0 Å². The van der Waals surface area contributed by atoms with Gasteiger partial charge in [0.25, 0.3) is 0 Å². The van der Waals surface area contributed by atoms with Crippen molar-refractivity contribution < 1.29 is 14.3 Å². The largest absolute Gasteiger partial charge is 0.478 e. The van der Waals surface area contributed by atoms with Gasteiger partial charge in [-0.1, -0.05) is 28.6 Å². The summed E-state index contributed by atoms with van der Waals surface area (Å²) in [4.78, 5) is 11.2. The fourth-order valence-electron chi connectivity index (χ4n) is 1.19. The number of hydrogen-bond donors (Lipinski definition) is 0. The van der Waals surface area contributed by atoms with Crippen LogP contribution in [0.5, 0.6) is 5.75 Å². The van der Waals surface area contributed by atoms with Gasteiger partial charge in [-0.3, -0.25) is 0 Å². The molecule has 1 rings (SSSR count). The van der Waals surface area contributed by atoms with Gasteiger partial charge in [-0.25, -0.2) is 4.79 Å². The third-order valence-electron chi connectivity index (χ3n) is 2.03. The minimum Gasteiger partial charge on any atom is -0.478 e. The van der Waals surface area contributed by atoms with Gasteiger partial charge in [-0.15, -0.1) is 0 Å².